The minimum absolute atomic E-state index is 0.152. The van der Waals surface area contributed by atoms with Crippen LogP contribution in [-0.4, -0.2) is 45.5 Å². The monoisotopic (exact) mass is 327 g/mol. The van der Waals surface area contributed by atoms with E-state index >= 15 is 0 Å². The van der Waals surface area contributed by atoms with E-state index < -0.39 is 24.3 Å². The minimum Gasteiger partial charge on any atom is -0.414 e. The van der Waals surface area contributed by atoms with Crippen LogP contribution in [0.4, 0.5) is 13.2 Å². The van der Waals surface area contributed by atoms with Gasteiger partial charge in [-0.25, -0.2) is 9.67 Å². The largest absolute Gasteiger partial charge is 0.572 e. The fraction of sp³-hybridized carbons (Fsp3) is 0.636. The molecule has 0 amide bonds. The maximum absolute atomic E-state index is 12.1. The molecule has 0 N–H and O–H groups in total. The molecule has 0 aliphatic carbocycles. The number of nitrogens with zero attached hydrogens (tertiary/aromatic N) is 3. The Kier molecular flexibility index (Phi) is 4.74. The molecule has 10 heteroatoms. The van der Waals surface area contributed by atoms with Crippen molar-refractivity contribution >= 4 is 11.6 Å². The molecule has 2 heterocycles. The highest BCUT2D eigenvalue weighted by atomic mass is 35.5. The Bertz CT molecular complexity index is 483. The second-order valence-electron chi connectivity index (χ2n) is 4.34. The predicted octanol–water partition coefficient (Wildman–Crippen LogP) is 2.24. The number of rotatable bonds is 5. The summed E-state index contributed by atoms with van der Waals surface area (Å²) in [7, 11) is 0. The molecule has 0 aromatic carbocycles. The summed E-state index contributed by atoms with van der Waals surface area (Å²) in [6, 6.07) is -0.568. The molecule has 0 radical (unpaired) electrons. The van der Waals surface area contributed by atoms with Crippen LogP contribution in [0.15, 0.2) is 25.0 Å². The molecule has 0 spiro atoms. The van der Waals surface area contributed by atoms with Gasteiger partial charge in [0, 0.05) is 6.08 Å². The Balaban J connectivity index is 2.19. The van der Waals surface area contributed by atoms with Crippen molar-refractivity contribution in [2.24, 2.45) is 0 Å². The van der Waals surface area contributed by atoms with Crippen molar-refractivity contribution < 1.29 is 27.4 Å². The molecule has 3 unspecified atom stereocenters. The first-order valence-electron chi connectivity index (χ1n) is 6.00. The van der Waals surface area contributed by atoms with Gasteiger partial charge in [0.15, 0.2) is 0 Å². The Morgan fingerprint density at radius 1 is 1.62 bits per heavy atom. The van der Waals surface area contributed by atoms with Gasteiger partial charge in [-0.15, -0.1) is 24.8 Å². The first-order chi connectivity index (χ1) is 9.86. The van der Waals surface area contributed by atoms with E-state index in [1.54, 1.807) is 6.92 Å². The molecule has 2 rings (SSSR count). The van der Waals surface area contributed by atoms with Crippen molar-refractivity contribution in [3.8, 4) is 0 Å². The van der Waals surface area contributed by atoms with Crippen LogP contribution in [0, 0.1) is 0 Å². The molecule has 3 atom stereocenters. The van der Waals surface area contributed by atoms with E-state index in [1.165, 1.54) is 17.3 Å². The first kappa shape index (κ1) is 16.1. The first-order valence-corrected chi connectivity index (χ1v) is 6.54. The smallest absolute Gasteiger partial charge is 0.414 e. The van der Waals surface area contributed by atoms with E-state index in [2.05, 4.69) is 14.8 Å². The Labute approximate surface area is 123 Å². The summed E-state index contributed by atoms with van der Waals surface area (Å²) in [5.74, 6) is -1.31. The van der Waals surface area contributed by atoms with Crippen LogP contribution in [0.25, 0.3) is 0 Å². The number of alkyl halides is 4. The van der Waals surface area contributed by atoms with Crippen molar-refractivity contribution in [1.82, 2.24) is 14.8 Å². The zero-order valence-corrected chi connectivity index (χ0v) is 11.7. The summed E-state index contributed by atoms with van der Waals surface area (Å²) in [5.41, 5.74) is 0. The van der Waals surface area contributed by atoms with Gasteiger partial charge >= 0.3 is 6.36 Å². The molecule has 1 aliphatic heterocycles. The van der Waals surface area contributed by atoms with E-state index in [0.717, 1.165) is 6.08 Å². The van der Waals surface area contributed by atoms with Crippen LogP contribution in [0.5, 0.6) is 0 Å². The van der Waals surface area contributed by atoms with Crippen LogP contribution in [0.2, 0.25) is 0 Å². The highest BCUT2D eigenvalue weighted by molar-refractivity contribution is 6.18. The molecule has 118 valence electrons. The third kappa shape index (κ3) is 3.86. The SMILES string of the molecule is CC(n1cncn1)C1(C=COC(F)(F)F)OCC(CCl)O1. The van der Waals surface area contributed by atoms with Gasteiger partial charge in [-0.1, -0.05) is 0 Å². The van der Waals surface area contributed by atoms with E-state index in [9.17, 15) is 13.2 Å². The standard InChI is InChI=1S/C11H13ClF3N3O3/c1-8(18-7-16-6-17-18)10(2-3-19-11(13,14)15)20-5-9(4-12)21-10/h2-3,6-9H,4-5H2,1H3. The Hall–Kier alpha value is -1.32. The topological polar surface area (TPSA) is 58.4 Å². The van der Waals surface area contributed by atoms with Gasteiger partial charge in [-0.2, -0.15) is 5.10 Å². The highest BCUT2D eigenvalue weighted by Crippen LogP contribution is 2.36. The van der Waals surface area contributed by atoms with Crippen molar-refractivity contribution in [2.45, 2.75) is 31.2 Å². The van der Waals surface area contributed by atoms with Gasteiger partial charge in [-0.3, -0.25) is 0 Å². The normalized spacial score (nSPS) is 28.1. The molecule has 0 saturated carbocycles. The average molecular weight is 328 g/mol. The maximum atomic E-state index is 12.1. The lowest BCUT2D eigenvalue weighted by atomic mass is 10.1. The van der Waals surface area contributed by atoms with Crippen molar-refractivity contribution in [1.29, 1.82) is 0 Å². The molecule has 1 aliphatic rings. The molecule has 1 aromatic rings. The predicted molar refractivity (Wildman–Crippen MR) is 65.3 cm³/mol. The average Bonchev–Trinajstić information content (AvgIpc) is 3.06. The van der Waals surface area contributed by atoms with Gasteiger partial charge < -0.3 is 14.2 Å². The van der Waals surface area contributed by atoms with E-state index in [-0.39, 0.29) is 12.5 Å². The van der Waals surface area contributed by atoms with Crippen LogP contribution in [-0.2, 0) is 14.2 Å². The van der Waals surface area contributed by atoms with Crippen molar-refractivity contribution in [3.05, 3.63) is 25.0 Å². The Morgan fingerprint density at radius 3 is 2.90 bits per heavy atom. The second-order valence-corrected chi connectivity index (χ2v) is 4.65. The number of hydrogen-bond donors (Lipinski definition) is 0. The summed E-state index contributed by atoms with van der Waals surface area (Å²) < 4.78 is 52.4. The summed E-state index contributed by atoms with van der Waals surface area (Å²) in [6.45, 7) is 1.82. The fourth-order valence-electron chi connectivity index (χ4n) is 1.88. The Morgan fingerprint density at radius 2 is 2.38 bits per heavy atom. The van der Waals surface area contributed by atoms with Crippen LogP contribution in [0.1, 0.15) is 13.0 Å². The lowest BCUT2D eigenvalue weighted by Crippen LogP contribution is -2.38. The number of ether oxygens (including phenoxy) is 3. The maximum Gasteiger partial charge on any atom is 0.572 e. The van der Waals surface area contributed by atoms with E-state index in [0.29, 0.717) is 6.26 Å². The van der Waals surface area contributed by atoms with Crippen molar-refractivity contribution in [3.63, 3.8) is 0 Å². The second kappa shape index (κ2) is 6.20. The molecule has 1 fully saturated rings. The summed E-state index contributed by atoms with van der Waals surface area (Å²) in [5, 5.41) is 3.93. The minimum atomic E-state index is -4.78. The lowest BCUT2D eigenvalue weighted by molar-refractivity contribution is -0.299. The van der Waals surface area contributed by atoms with E-state index in [4.69, 9.17) is 21.1 Å². The number of halogens is 4. The summed E-state index contributed by atoms with van der Waals surface area (Å²) in [6.07, 6.45) is -0.963. The highest BCUT2D eigenvalue weighted by Gasteiger charge is 2.46. The quantitative estimate of drug-likeness (QED) is 0.613. The fourth-order valence-corrected chi connectivity index (χ4v) is 2.03. The zero-order chi connectivity index (χ0) is 15.5. The van der Waals surface area contributed by atoms with Crippen LogP contribution >= 0.6 is 11.6 Å². The molecular formula is C11H13ClF3N3O3. The van der Waals surface area contributed by atoms with Gasteiger partial charge in [-0.05, 0) is 6.92 Å². The van der Waals surface area contributed by atoms with Crippen molar-refractivity contribution in [2.75, 3.05) is 12.5 Å². The molecular weight excluding hydrogens is 315 g/mol. The molecule has 6 nitrogen and oxygen atoms in total. The molecule has 1 saturated heterocycles. The van der Waals surface area contributed by atoms with Crippen LogP contribution < -0.4 is 0 Å². The third-order valence-corrected chi connectivity index (χ3v) is 3.28. The number of aromatic nitrogens is 3. The van der Waals surface area contributed by atoms with Gasteiger partial charge in [0.1, 0.15) is 18.7 Å². The van der Waals surface area contributed by atoms with Crippen LogP contribution in [0.3, 0.4) is 0 Å². The number of hydrogen-bond acceptors (Lipinski definition) is 5. The summed E-state index contributed by atoms with van der Waals surface area (Å²) in [4.78, 5) is 3.78. The van der Waals surface area contributed by atoms with Gasteiger partial charge in [0.2, 0.25) is 5.79 Å². The molecule has 1 aromatic heterocycles. The third-order valence-electron chi connectivity index (χ3n) is 2.94. The zero-order valence-electron chi connectivity index (χ0n) is 11.0. The van der Waals surface area contributed by atoms with Gasteiger partial charge in [0.05, 0.1) is 24.9 Å². The molecule has 0 bridgehead atoms. The van der Waals surface area contributed by atoms with E-state index in [1.807, 2.05) is 0 Å². The lowest BCUT2D eigenvalue weighted by Gasteiger charge is -2.30. The summed E-state index contributed by atoms with van der Waals surface area (Å²) >= 11 is 5.70. The van der Waals surface area contributed by atoms with Gasteiger partial charge in [0.25, 0.3) is 0 Å². The molecule has 21 heavy (non-hydrogen) atoms.